The van der Waals surface area contributed by atoms with E-state index in [1.807, 2.05) is 0 Å². The van der Waals surface area contributed by atoms with Crippen LogP contribution in [0.25, 0.3) is 0 Å². The van der Waals surface area contributed by atoms with Crippen LogP contribution in [-0.2, 0) is 9.59 Å². The van der Waals surface area contributed by atoms with Crippen LogP contribution in [-0.4, -0.2) is 92.4 Å². The largest absolute Gasteiger partial charge is 0.391 e. The van der Waals surface area contributed by atoms with Crippen LogP contribution in [0.3, 0.4) is 0 Å². The lowest BCUT2D eigenvalue weighted by molar-refractivity contribution is -0.117. The zero-order valence-electron chi connectivity index (χ0n) is 24.4. The standard InChI is InChI=1S/C27H32N8O8S2/c1-3-17(37)23-25(18(38)4-2)34(32-29-23)15-11-21(41)16(12-20(15)40)35-26-24(30-33-35)19(39)6-5-14(36)7-9-44-13-45-10-8-22(42)28-31-27(26)43/h7-10,15-16,20-21,40-41H,3-6,11-13H2,1-2H3,(H,28,42)(H,31,43)/b9-7+,10-8+. The molecule has 2 aromatic rings. The second-order valence-electron chi connectivity index (χ2n) is 10.1. The Bertz CT molecular complexity index is 1550. The van der Waals surface area contributed by atoms with E-state index in [1.54, 1.807) is 19.3 Å². The van der Waals surface area contributed by atoms with Gasteiger partial charge >= 0.3 is 0 Å². The number of thioether (sulfide) groups is 2. The molecule has 0 spiro atoms. The number of hydrazine groups is 1. The second-order valence-corrected chi connectivity index (χ2v) is 12.3. The van der Waals surface area contributed by atoms with Crippen molar-refractivity contribution in [2.45, 2.75) is 76.7 Å². The highest BCUT2D eigenvalue weighted by Gasteiger charge is 2.43. The number of Topliss-reactive ketones (excluding diaryl/α,β-unsaturated/α-hetero) is 3. The molecule has 2 aromatic heterocycles. The zero-order valence-corrected chi connectivity index (χ0v) is 26.0. The number of amides is 2. The van der Waals surface area contributed by atoms with E-state index in [9.17, 15) is 39.0 Å². The van der Waals surface area contributed by atoms with Crippen LogP contribution in [0.1, 0.15) is 106 Å². The summed E-state index contributed by atoms with van der Waals surface area (Å²) < 4.78 is 2.16. The fraction of sp³-hybridized carbons (Fsp3) is 0.481. The third-order valence-electron chi connectivity index (χ3n) is 7.22. The molecule has 16 nitrogen and oxygen atoms in total. The van der Waals surface area contributed by atoms with E-state index >= 15 is 0 Å². The van der Waals surface area contributed by atoms with E-state index in [4.69, 9.17) is 0 Å². The van der Waals surface area contributed by atoms with E-state index in [1.165, 1.54) is 41.1 Å². The normalized spacial score (nSPS) is 25.1. The predicted octanol–water partition coefficient (Wildman–Crippen LogP) is 1.11. The van der Waals surface area contributed by atoms with Gasteiger partial charge in [0.25, 0.3) is 11.8 Å². The highest BCUT2D eigenvalue weighted by Crippen LogP contribution is 2.37. The monoisotopic (exact) mass is 660 g/mol. The summed E-state index contributed by atoms with van der Waals surface area (Å²) >= 11 is 2.61. The Morgan fingerprint density at radius 1 is 0.867 bits per heavy atom. The molecule has 45 heavy (non-hydrogen) atoms. The van der Waals surface area contributed by atoms with Gasteiger partial charge in [0.1, 0.15) is 5.69 Å². The first-order chi connectivity index (χ1) is 21.6. The zero-order chi connectivity index (χ0) is 32.7. The molecule has 0 saturated heterocycles. The molecule has 18 heteroatoms. The lowest BCUT2D eigenvalue weighted by atomic mass is 9.85. The minimum Gasteiger partial charge on any atom is -0.391 e. The van der Waals surface area contributed by atoms with E-state index in [0.717, 1.165) is 9.36 Å². The lowest BCUT2D eigenvalue weighted by Gasteiger charge is -2.37. The number of rotatable bonds is 6. The maximum atomic E-state index is 13.3. The topological polar surface area (TPSA) is 228 Å². The van der Waals surface area contributed by atoms with Gasteiger partial charge in [-0.2, -0.15) is 0 Å². The van der Waals surface area contributed by atoms with E-state index < -0.39 is 59.1 Å². The summed E-state index contributed by atoms with van der Waals surface area (Å²) in [6.07, 6.45) is -0.795. The smallest absolute Gasteiger partial charge is 0.290 e. The van der Waals surface area contributed by atoms with Crippen LogP contribution < -0.4 is 10.9 Å². The summed E-state index contributed by atoms with van der Waals surface area (Å²) in [6, 6.07) is -2.04. The number of hydrogen-bond acceptors (Lipinski definition) is 14. The minimum absolute atomic E-state index is 0.0472. The van der Waals surface area contributed by atoms with Crippen LogP contribution in [0, 0.1) is 0 Å². The van der Waals surface area contributed by atoms with E-state index in [2.05, 4.69) is 31.5 Å². The number of carbonyl (C=O) groups is 6. The number of aromatic nitrogens is 6. The van der Waals surface area contributed by atoms with Crippen molar-refractivity contribution in [1.29, 1.82) is 0 Å². The van der Waals surface area contributed by atoms with Gasteiger partial charge in [-0.25, -0.2) is 9.36 Å². The van der Waals surface area contributed by atoms with Crippen LogP contribution in [0.5, 0.6) is 0 Å². The van der Waals surface area contributed by atoms with Gasteiger partial charge in [-0.1, -0.05) is 24.3 Å². The molecule has 4 atom stereocenters. The Kier molecular flexibility index (Phi) is 11.5. The van der Waals surface area contributed by atoms with Gasteiger partial charge in [0.2, 0.25) is 0 Å². The van der Waals surface area contributed by atoms with Crippen molar-refractivity contribution in [3.05, 3.63) is 45.7 Å². The first-order valence-electron chi connectivity index (χ1n) is 14.1. The number of allylic oxidation sites excluding steroid dienone is 1. The van der Waals surface area contributed by atoms with Gasteiger partial charge in [-0.05, 0) is 16.9 Å². The van der Waals surface area contributed by atoms with Gasteiger partial charge in [0, 0.05) is 49.7 Å². The summed E-state index contributed by atoms with van der Waals surface area (Å²) in [7, 11) is 0. The average molecular weight is 661 g/mol. The molecular weight excluding hydrogens is 628 g/mol. The Labute approximate surface area is 265 Å². The predicted molar refractivity (Wildman–Crippen MR) is 161 cm³/mol. The number of hydrogen-bond donors (Lipinski definition) is 4. The SMILES string of the molecule is CCC(=O)c1nnn(C2CC(O)C(n3nnc4c3C(=O)NNC(=O)/C=C/SCS/C=C/C(=O)CCC4=O)CC2O)c1C(=O)CC. The fourth-order valence-electron chi connectivity index (χ4n) is 4.89. The molecule has 3 heterocycles. The Morgan fingerprint density at radius 2 is 1.49 bits per heavy atom. The number of fused-ring (bicyclic) bond motifs is 1. The van der Waals surface area contributed by atoms with Crippen molar-refractivity contribution in [1.82, 2.24) is 40.8 Å². The maximum Gasteiger partial charge on any atom is 0.290 e. The van der Waals surface area contributed by atoms with Crippen LogP contribution >= 0.6 is 23.5 Å². The van der Waals surface area contributed by atoms with E-state index in [0.29, 0.717) is 5.08 Å². The first-order valence-corrected chi connectivity index (χ1v) is 16.2. The second kappa shape index (κ2) is 15.3. The van der Waals surface area contributed by atoms with Crippen molar-refractivity contribution >= 4 is 58.5 Å². The van der Waals surface area contributed by atoms with Crippen molar-refractivity contribution in [3.8, 4) is 0 Å². The molecule has 0 aromatic carbocycles. The minimum atomic E-state index is -1.31. The molecule has 2 amide bonds. The summed E-state index contributed by atoms with van der Waals surface area (Å²) in [5.74, 6) is -3.43. The molecule has 1 aliphatic heterocycles. The van der Waals surface area contributed by atoms with E-state index in [-0.39, 0.29) is 61.4 Å². The number of ketones is 4. The molecule has 2 aliphatic rings. The summed E-state index contributed by atoms with van der Waals surface area (Å²) in [5, 5.41) is 41.8. The Morgan fingerprint density at radius 3 is 2.16 bits per heavy atom. The molecule has 1 aliphatic carbocycles. The molecular formula is C27H32N8O8S2. The number of carbonyl (C=O) groups excluding carboxylic acids is 6. The summed E-state index contributed by atoms with van der Waals surface area (Å²) in [4.78, 5) is 76.2. The van der Waals surface area contributed by atoms with Crippen LogP contribution in [0.15, 0.2) is 23.0 Å². The number of aliphatic hydroxyl groups excluding tert-OH is 2. The van der Waals surface area contributed by atoms with Gasteiger partial charge in [-0.3, -0.25) is 39.6 Å². The van der Waals surface area contributed by atoms with Crippen molar-refractivity contribution in [3.63, 3.8) is 0 Å². The highest BCUT2D eigenvalue weighted by molar-refractivity contribution is 8.18. The molecule has 240 valence electrons. The molecule has 1 saturated carbocycles. The van der Waals surface area contributed by atoms with Gasteiger partial charge in [0.05, 0.1) is 24.3 Å². The quantitative estimate of drug-likeness (QED) is 0.318. The highest BCUT2D eigenvalue weighted by atomic mass is 32.2. The number of nitrogens with zero attached hydrogens (tertiary/aromatic N) is 6. The average Bonchev–Trinajstić information content (AvgIpc) is 3.67. The van der Waals surface area contributed by atoms with Gasteiger partial charge < -0.3 is 10.2 Å². The molecule has 4 N–H and O–H groups in total. The third kappa shape index (κ3) is 7.81. The van der Waals surface area contributed by atoms with Gasteiger partial charge in [-0.15, -0.1) is 33.7 Å². The third-order valence-corrected chi connectivity index (χ3v) is 8.97. The first kappa shape index (κ1) is 33.9. The molecule has 1 fully saturated rings. The number of nitrogens with one attached hydrogen (secondary N) is 2. The molecule has 0 radical (unpaired) electrons. The maximum absolute atomic E-state index is 13.3. The summed E-state index contributed by atoms with van der Waals surface area (Å²) in [5.41, 5.74) is 3.47. The number of aliphatic hydroxyl groups is 2. The van der Waals surface area contributed by atoms with Crippen molar-refractivity contribution in [2.75, 3.05) is 5.08 Å². The lowest BCUT2D eigenvalue weighted by Crippen LogP contribution is -2.45. The van der Waals surface area contributed by atoms with Crippen molar-refractivity contribution < 1.29 is 39.0 Å². The Hall–Kier alpha value is -4.00. The van der Waals surface area contributed by atoms with Crippen LogP contribution in [0.4, 0.5) is 0 Å². The molecule has 0 bridgehead atoms. The van der Waals surface area contributed by atoms with Gasteiger partial charge in [0.15, 0.2) is 40.2 Å². The van der Waals surface area contributed by atoms with Crippen LogP contribution in [0.2, 0.25) is 0 Å². The van der Waals surface area contributed by atoms with Crippen molar-refractivity contribution in [2.24, 2.45) is 0 Å². The fourth-order valence-corrected chi connectivity index (χ4v) is 6.30. The molecule has 4 rings (SSSR count). The summed E-state index contributed by atoms with van der Waals surface area (Å²) in [6.45, 7) is 3.22. The Balaban J connectivity index is 1.65. The molecule has 4 unspecified atom stereocenters.